The van der Waals surface area contributed by atoms with Gasteiger partial charge < -0.3 is 10.2 Å². The highest BCUT2D eigenvalue weighted by atomic mass is 16.2. The molecule has 0 spiro atoms. The molecule has 3 heteroatoms. The van der Waals surface area contributed by atoms with Crippen molar-refractivity contribution in [1.82, 2.24) is 0 Å². The van der Waals surface area contributed by atoms with E-state index in [-0.39, 0.29) is 11.9 Å². The quantitative estimate of drug-likeness (QED) is 0.923. The minimum Gasteiger partial charge on any atom is -0.372 e. The zero-order chi connectivity index (χ0) is 16.4. The number of carbonyl (C=O) groups is 1. The Labute approximate surface area is 138 Å². The maximum absolute atomic E-state index is 12.6. The molecule has 1 aliphatic rings. The number of amides is 1. The number of rotatable bonds is 4. The van der Waals surface area contributed by atoms with Crippen molar-refractivity contribution in [3.8, 4) is 0 Å². The van der Waals surface area contributed by atoms with Gasteiger partial charge in [0.15, 0.2) is 0 Å². The van der Waals surface area contributed by atoms with E-state index in [0.29, 0.717) is 0 Å². The Balaban J connectivity index is 1.78. The van der Waals surface area contributed by atoms with Crippen molar-refractivity contribution in [1.29, 1.82) is 0 Å². The zero-order valence-electron chi connectivity index (χ0n) is 14.1. The summed E-state index contributed by atoms with van der Waals surface area (Å²) in [4.78, 5) is 14.5. The second-order valence-corrected chi connectivity index (χ2v) is 6.40. The van der Waals surface area contributed by atoms with Crippen LogP contribution < -0.4 is 10.2 Å². The average molecular weight is 308 g/mol. The number of hydrogen-bond donors (Lipinski definition) is 1. The van der Waals surface area contributed by atoms with Crippen molar-refractivity contribution >= 4 is 17.3 Å². The molecule has 2 aromatic rings. The molecule has 0 aromatic heterocycles. The molecule has 1 amide bonds. The van der Waals surface area contributed by atoms with Gasteiger partial charge in [0.25, 0.3) is 0 Å². The van der Waals surface area contributed by atoms with Crippen molar-refractivity contribution in [3.63, 3.8) is 0 Å². The topological polar surface area (TPSA) is 32.3 Å². The lowest BCUT2D eigenvalue weighted by atomic mass is 10.0. The molecular weight excluding hydrogens is 284 g/mol. The number of carbonyl (C=O) groups excluding carboxylic acids is 1. The molecule has 1 aliphatic heterocycles. The Morgan fingerprint density at radius 1 is 1.09 bits per heavy atom. The van der Waals surface area contributed by atoms with Gasteiger partial charge in [-0.3, -0.25) is 4.79 Å². The molecule has 0 saturated carbocycles. The third-order valence-electron chi connectivity index (χ3n) is 4.60. The molecule has 0 fully saturated rings. The van der Waals surface area contributed by atoms with Crippen molar-refractivity contribution in [3.05, 3.63) is 59.2 Å². The van der Waals surface area contributed by atoms with Gasteiger partial charge in [-0.05, 0) is 62.4 Å². The predicted molar refractivity (Wildman–Crippen MR) is 96.1 cm³/mol. The molecule has 0 saturated heterocycles. The zero-order valence-corrected chi connectivity index (χ0v) is 14.1. The Kier molecular flexibility index (Phi) is 4.37. The fraction of sp³-hybridized carbons (Fsp3) is 0.350. The summed E-state index contributed by atoms with van der Waals surface area (Å²) in [5, 5.41) is 3.32. The summed E-state index contributed by atoms with van der Waals surface area (Å²) in [6.45, 7) is 6.90. The number of aryl methyl sites for hydroxylation is 3. The van der Waals surface area contributed by atoms with Gasteiger partial charge in [0, 0.05) is 6.54 Å². The highest BCUT2D eigenvalue weighted by molar-refractivity contribution is 6.04. The van der Waals surface area contributed by atoms with Crippen LogP contribution in [0, 0.1) is 13.8 Å². The van der Waals surface area contributed by atoms with E-state index < -0.39 is 0 Å². The summed E-state index contributed by atoms with van der Waals surface area (Å²) in [7, 11) is 0. The first-order chi connectivity index (χ1) is 11.1. The Morgan fingerprint density at radius 2 is 1.78 bits per heavy atom. The molecule has 3 nitrogen and oxygen atoms in total. The van der Waals surface area contributed by atoms with Gasteiger partial charge in [-0.1, -0.05) is 30.3 Å². The van der Waals surface area contributed by atoms with Crippen LogP contribution in [-0.4, -0.2) is 18.5 Å². The van der Waals surface area contributed by atoms with Crippen LogP contribution in [0.15, 0.2) is 42.5 Å². The molecular formula is C20H24N2O. The van der Waals surface area contributed by atoms with Gasteiger partial charge in [0.1, 0.15) is 6.04 Å². The first kappa shape index (κ1) is 15.6. The summed E-state index contributed by atoms with van der Waals surface area (Å²) in [5.74, 6) is 0.161. The third-order valence-corrected chi connectivity index (χ3v) is 4.60. The van der Waals surface area contributed by atoms with E-state index in [4.69, 9.17) is 0 Å². The number of benzene rings is 2. The molecule has 1 atom stereocenters. The highest BCUT2D eigenvalue weighted by Gasteiger charge is 2.29. The second kappa shape index (κ2) is 6.45. The summed E-state index contributed by atoms with van der Waals surface area (Å²) < 4.78 is 0. The van der Waals surface area contributed by atoms with E-state index in [1.807, 2.05) is 17.9 Å². The second-order valence-electron chi connectivity index (χ2n) is 6.40. The van der Waals surface area contributed by atoms with Gasteiger partial charge in [-0.15, -0.1) is 0 Å². The van der Waals surface area contributed by atoms with Gasteiger partial charge in [0.2, 0.25) is 5.91 Å². The Morgan fingerprint density at radius 3 is 2.52 bits per heavy atom. The molecule has 120 valence electrons. The molecule has 2 aromatic carbocycles. The van der Waals surface area contributed by atoms with Gasteiger partial charge in [0.05, 0.1) is 11.4 Å². The number of fused-ring (bicyclic) bond motifs is 1. The van der Waals surface area contributed by atoms with Crippen molar-refractivity contribution in [2.75, 3.05) is 16.8 Å². The number of nitrogens with one attached hydrogen (secondary N) is 1. The van der Waals surface area contributed by atoms with E-state index in [2.05, 4.69) is 55.6 Å². The van der Waals surface area contributed by atoms with Crippen LogP contribution in [0.4, 0.5) is 11.4 Å². The third kappa shape index (κ3) is 3.24. The van der Waals surface area contributed by atoms with Crippen molar-refractivity contribution in [2.24, 2.45) is 0 Å². The normalized spacial score (nSPS) is 16.9. The lowest BCUT2D eigenvalue weighted by molar-refractivity contribution is -0.119. The van der Waals surface area contributed by atoms with Crippen LogP contribution in [0.3, 0.4) is 0 Å². The van der Waals surface area contributed by atoms with Gasteiger partial charge >= 0.3 is 0 Å². The fourth-order valence-electron chi connectivity index (χ4n) is 3.10. The largest absolute Gasteiger partial charge is 0.372 e. The minimum absolute atomic E-state index is 0.161. The van der Waals surface area contributed by atoms with Crippen molar-refractivity contribution < 1.29 is 4.79 Å². The lowest BCUT2D eigenvalue weighted by Gasteiger charge is -2.34. The van der Waals surface area contributed by atoms with Crippen LogP contribution in [0.25, 0.3) is 0 Å². The number of nitrogens with zero attached hydrogens (tertiary/aromatic N) is 1. The smallest absolute Gasteiger partial charge is 0.249 e. The summed E-state index contributed by atoms with van der Waals surface area (Å²) in [6.07, 6.45) is 1.96. The van der Waals surface area contributed by atoms with Gasteiger partial charge in [-0.2, -0.15) is 0 Å². The molecule has 0 bridgehead atoms. The molecule has 0 radical (unpaired) electrons. The first-order valence-corrected chi connectivity index (χ1v) is 8.29. The van der Waals surface area contributed by atoms with E-state index in [9.17, 15) is 4.79 Å². The molecule has 0 aliphatic carbocycles. The van der Waals surface area contributed by atoms with E-state index in [1.54, 1.807) is 0 Å². The fourth-order valence-corrected chi connectivity index (χ4v) is 3.10. The first-order valence-electron chi connectivity index (χ1n) is 8.29. The molecule has 23 heavy (non-hydrogen) atoms. The summed E-state index contributed by atoms with van der Waals surface area (Å²) >= 11 is 0. The molecule has 1 N–H and O–H groups in total. The van der Waals surface area contributed by atoms with Crippen LogP contribution in [0.1, 0.15) is 30.0 Å². The van der Waals surface area contributed by atoms with Crippen LogP contribution >= 0.6 is 0 Å². The lowest BCUT2D eigenvalue weighted by Crippen LogP contribution is -2.46. The SMILES string of the molecule is Cc1cc2c(cc1C)N(CCCc1ccccc1)C(=O)C(C)N2. The monoisotopic (exact) mass is 308 g/mol. The maximum atomic E-state index is 12.6. The molecule has 3 rings (SSSR count). The number of hydrogen-bond acceptors (Lipinski definition) is 2. The van der Waals surface area contributed by atoms with Crippen LogP contribution in [-0.2, 0) is 11.2 Å². The summed E-state index contributed by atoms with van der Waals surface area (Å²) in [5.41, 5.74) is 5.88. The van der Waals surface area contributed by atoms with Crippen molar-refractivity contribution in [2.45, 2.75) is 39.7 Å². The minimum atomic E-state index is -0.165. The Bertz CT molecular complexity index is 709. The standard InChI is InChI=1S/C20H24N2O/c1-14-12-18-19(13-15(14)2)22(20(23)16(3)21-18)11-7-10-17-8-5-4-6-9-17/h4-6,8-9,12-13,16,21H,7,10-11H2,1-3H3. The van der Waals surface area contributed by atoms with Gasteiger partial charge in [-0.25, -0.2) is 0 Å². The van der Waals surface area contributed by atoms with Crippen LogP contribution in [0.2, 0.25) is 0 Å². The van der Waals surface area contributed by atoms with E-state index in [1.165, 1.54) is 16.7 Å². The molecule has 1 unspecified atom stereocenters. The van der Waals surface area contributed by atoms with E-state index >= 15 is 0 Å². The number of anilines is 2. The molecule has 1 heterocycles. The maximum Gasteiger partial charge on any atom is 0.249 e. The summed E-state index contributed by atoms with van der Waals surface area (Å²) in [6, 6.07) is 14.6. The highest BCUT2D eigenvalue weighted by Crippen LogP contribution is 2.34. The predicted octanol–water partition coefficient (Wildman–Crippen LogP) is 4.08. The van der Waals surface area contributed by atoms with Crippen LogP contribution in [0.5, 0.6) is 0 Å². The van der Waals surface area contributed by atoms with E-state index in [0.717, 1.165) is 30.8 Å². The average Bonchev–Trinajstić information content (AvgIpc) is 2.54. The Hall–Kier alpha value is -2.29.